The van der Waals surface area contributed by atoms with Crippen molar-refractivity contribution in [3.63, 3.8) is 0 Å². The summed E-state index contributed by atoms with van der Waals surface area (Å²) in [6.45, 7) is 3.74. The maximum Gasteiger partial charge on any atom is 0.242 e. The van der Waals surface area contributed by atoms with Crippen LogP contribution in [0.3, 0.4) is 0 Å². The van der Waals surface area contributed by atoms with Crippen LogP contribution in [0, 0.1) is 5.92 Å². The Hall–Kier alpha value is -1.11. The van der Waals surface area contributed by atoms with Gasteiger partial charge >= 0.3 is 0 Å². The zero-order valence-electron chi connectivity index (χ0n) is 12.0. The van der Waals surface area contributed by atoms with E-state index in [0.29, 0.717) is 16.5 Å². The molecule has 1 saturated carbocycles. The van der Waals surface area contributed by atoms with E-state index in [2.05, 4.69) is 22.3 Å². The van der Waals surface area contributed by atoms with Crippen LogP contribution in [0.2, 0.25) is 0 Å². The number of sulfonamides is 1. The van der Waals surface area contributed by atoms with Crippen molar-refractivity contribution in [2.24, 2.45) is 5.92 Å². The smallest absolute Gasteiger partial charge is 0.242 e. The van der Waals surface area contributed by atoms with Crippen LogP contribution in [0.5, 0.6) is 0 Å². The molecule has 0 saturated heterocycles. The highest BCUT2D eigenvalue weighted by molar-refractivity contribution is 7.89. The first-order valence-corrected chi connectivity index (χ1v) is 8.51. The summed E-state index contributed by atoms with van der Waals surface area (Å²) in [6, 6.07) is 7.19. The summed E-state index contributed by atoms with van der Waals surface area (Å²) in [5.74, 6) is 0.423. The van der Waals surface area contributed by atoms with E-state index >= 15 is 0 Å². The molecule has 1 aromatic rings. The van der Waals surface area contributed by atoms with Gasteiger partial charge in [0.25, 0.3) is 0 Å². The van der Waals surface area contributed by atoms with E-state index in [1.165, 1.54) is 0 Å². The topological polar surface area (TPSA) is 70.2 Å². The van der Waals surface area contributed by atoms with Gasteiger partial charge in [-0.1, -0.05) is 19.1 Å². The normalized spacial score (nSPS) is 16.9. The van der Waals surface area contributed by atoms with Crippen LogP contribution in [0.25, 0.3) is 0 Å². The minimum atomic E-state index is -3.42. The van der Waals surface area contributed by atoms with E-state index < -0.39 is 10.0 Å². The molecule has 2 rings (SSSR count). The van der Waals surface area contributed by atoms with Gasteiger partial charge in [0.15, 0.2) is 0 Å². The quantitative estimate of drug-likeness (QED) is 0.678. The van der Waals surface area contributed by atoms with Gasteiger partial charge in [-0.15, -0.1) is 0 Å². The van der Waals surface area contributed by atoms with Crippen LogP contribution >= 0.6 is 0 Å². The minimum absolute atomic E-state index is 0.122. The Morgan fingerprint density at radius 2 is 1.95 bits per heavy atom. The molecule has 3 N–H and O–H groups in total. The molecule has 1 aromatic carbocycles. The molecule has 5 nitrogen and oxygen atoms in total. The summed E-state index contributed by atoms with van der Waals surface area (Å²) in [7, 11) is -1.50. The lowest BCUT2D eigenvalue weighted by Gasteiger charge is -2.16. The Morgan fingerprint density at radius 1 is 1.25 bits per heavy atom. The molecular weight excluding hydrogens is 274 g/mol. The van der Waals surface area contributed by atoms with Crippen molar-refractivity contribution in [1.82, 2.24) is 10.0 Å². The van der Waals surface area contributed by atoms with Crippen molar-refractivity contribution in [3.05, 3.63) is 24.3 Å². The third-order valence-electron chi connectivity index (χ3n) is 3.27. The summed E-state index contributed by atoms with van der Waals surface area (Å²) < 4.78 is 27.3. The summed E-state index contributed by atoms with van der Waals surface area (Å²) in [5, 5.41) is 6.35. The molecule has 0 aliphatic heterocycles. The summed E-state index contributed by atoms with van der Waals surface area (Å²) >= 11 is 0. The highest BCUT2D eigenvalue weighted by Gasteiger charge is 2.29. The average molecular weight is 297 g/mol. The Labute approximate surface area is 121 Å². The van der Waals surface area contributed by atoms with Gasteiger partial charge in [-0.2, -0.15) is 0 Å². The van der Waals surface area contributed by atoms with Crippen molar-refractivity contribution < 1.29 is 8.42 Å². The molecule has 0 aromatic heterocycles. The van der Waals surface area contributed by atoms with E-state index in [0.717, 1.165) is 25.9 Å². The second kappa shape index (κ2) is 6.56. The van der Waals surface area contributed by atoms with E-state index in [1.54, 1.807) is 12.1 Å². The molecule has 0 spiro atoms. The number of para-hydroxylation sites is 1. The third-order valence-corrected chi connectivity index (χ3v) is 4.85. The monoisotopic (exact) mass is 297 g/mol. The maximum absolute atomic E-state index is 12.3. The summed E-state index contributed by atoms with van der Waals surface area (Å²) in [4.78, 5) is 0.337. The van der Waals surface area contributed by atoms with Gasteiger partial charge in [-0.3, -0.25) is 0 Å². The van der Waals surface area contributed by atoms with E-state index in [9.17, 15) is 8.42 Å². The first-order valence-electron chi connectivity index (χ1n) is 7.03. The molecule has 1 unspecified atom stereocenters. The lowest BCUT2D eigenvalue weighted by Crippen LogP contribution is -2.27. The highest BCUT2D eigenvalue weighted by atomic mass is 32.2. The molecule has 20 heavy (non-hydrogen) atoms. The van der Waals surface area contributed by atoms with E-state index in [-0.39, 0.29) is 6.04 Å². The van der Waals surface area contributed by atoms with Crippen molar-refractivity contribution in [3.8, 4) is 0 Å². The number of hydrogen-bond donors (Lipinski definition) is 3. The number of nitrogens with one attached hydrogen (secondary N) is 3. The molecule has 6 heteroatoms. The molecule has 1 atom stereocenters. The average Bonchev–Trinajstić information content (AvgIpc) is 3.20. The second-order valence-corrected chi connectivity index (χ2v) is 7.12. The number of rotatable bonds is 8. The summed E-state index contributed by atoms with van der Waals surface area (Å²) in [5.41, 5.74) is 0.670. The molecule has 0 radical (unpaired) electrons. The fourth-order valence-corrected chi connectivity index (χ4v) is 3.52. The second-order valence-electron chi connectivity index (χ2n) is 5.44. The van der Waals surface area contributed by atoms with Crippen LogP contribution in [0.1, 0.15) is 19.8 Å². The predicted octanol–water partition coefficient (Wildman–Crippen LogP) is 1.39. The molecule has 0 heterocycles. The van der Waals surface area contributed by atoms with Crippen molar-refractivity contribution in [1.29, 1.82) is 0 Å². The van der Waals surface area contributed by atoms with E-state index in [4.69, 9.17) is 0 Å². The Kier molecular flexibility index (Phi) is 5.01. The molecule has 1 aliphatic rings. The van der Waals surface area contributed by atoms with Crippen LogP contribution in [-0.2, 0) is 10.0 Å². The lowest BCUT2D eigenvalue weighted by atomic mass is 10.2. The van der Waals surface area contributed by atoms with Gasteiger partial charge in [0.05, 0.1) is 5.69 Å². The Balaban J connectivity index is 2.09. The molecule has 112 valence electrons. The molecule has 0 amide bonds. The molecular formula is C14H23N3O2S. The van der Waals surface area contributed by atoms with Gasteiger partial charge in [-0.25, -0.2) is 13.1 Å². The van der Waals surface area contributed by atoms with E-state index in [1.807, 2.05) is 19.2 Å². The third kappa shape index (κ3) is 4.19. The van der Waals surface area contributed by atoms with Crippen molar-refractivity contribution in [2.45, 2.75) is 30.7 Å². The largest absolute Gasteiger partial charge is 0.384 e. The predicted molar refractivity (Wildman–Crippen MR) is 81.4 cm³/mol. The van der Waals surface area contributed by atoms with Crippen LogP contribution in [0.4, 0.5) is 5.69 Å². The van der Waals surface area contributed by atoms with Crippen molar-refractivity contribution in [2.75, 3.05) is 25.5 Å². The number of hydrogen-bond acceptors (Lipinski definition) is 4. The first kappa shape index (κ1) is 15.3. The Morgan fingerprint density at radius 3 is 2.60 bits per heavy atom. The maximum atomic E-state index is 12.3. The van der Waals surface area contributed by atoms with Gasteiger partial charge in [-0.05, 0) is 44.5 Å². The van der Waals surface area contributed by atoms with Crippen LogP contribution in [0.15, 0.2) is 29.2 Å². The van der Waals surface area contributed by atoms with Gasteiger partial charge in [0.1, 0.15) is 4.90 Å². The first-order chi connectivity index (χ1) is 9.53. The lowest BCUT2D eigenvalue weighted by molar-refractivity contribution is 0.567. The Bertz CT molecular complexity index is 541. The van der Waals surface area contributed by atoms with Crippen LogP contribution < -0.4 is 15.4 Å². The zero-order valence-corrected chi connectivity index (χ0v) is 12.8. The molecule has 1 fully saturated rings. The van der Waals surface area contributed by atoms with Gasteiger partial charge in [0.2, 0.25) is 10.0 Å². The highest BCUT2D eigenvalue weighted by Crippen LogP contribution is 2.25. The molecule has 1 aliphatic carbocycles. The van der Waals surface area contributed by atoms with Gasteiger partial charge < -0.3 is 10.6 Å². The van der Waals surface area contributed by atoms with Gasteiger partial charge in [0, 0.05) is 12.6 Å². The zero-order chi connectivity index (χ0) is 14.6. The SMILES string of the molecule is CNCC(C)CNc1ccccc1S(=O)(=O)NC1CC1. The number of anilines is 1. The minimum Gasteiger partial charge on any atom is -0.384 e. The summed E-state index contributed by atoms with van der Waals surface area (Å²) in [6.07, 6.45) is 1.88. The fourth-order valence-electron chi connectivity index (χ4n) is 2.04. The molecule has 0 bridgehead atoms. The van der Waals surface area contributed by atoms with Crippen LogP contribution in [-0.4, -0.2) is 34.6 Å². The standard InChI is InChI=1S/C14H23N3O2S/c1-11(9-15-2)10-16-13-5-3-4-6-14(13)20(18,19)17-12-7-8-12/h3-6,11-12,15-17H,7-10H2,1-2H3. The fraction of sp³-hybridized carbons (Fsp3) is 0.571. The van der Waals surface area contributed by atoms with Crippen molar-refractivity contribution >= 4 is 15.7 Å². The number of benzene rings is 1.